The molecule has 0 N–H and O–H groups in total. The first-order chi connectivity index (χ1) is 9.19. The Kier molecular flexibility index (Phi) is 3.48. The van der Waals surface area contributed by atoms with E-state index in [1.165, 1.54) is 0 Å². The standard InChI is InChI=1S/C14H16ClNO3/c15-12-4-1-3-11(9-12)13(17)16-6-2-5-14(10-16)18-7-8-19-14/h1,3-4,9H,2,5-8,10H2. The lowest BCUT2D eigenvalue weighted by molar-refractivity contribution is -0.183. The van der Waals surface area contributed by atoms with E-state index in [0.29, 0.717) is 30.3 Å². The monoisotopic (exact) mass is 281 g/mol. The summed E-state index contributed by atoms with van der Waals surface area (Å²) in [6.45, 7) is 2.45. The van der Waals surface area contributed by atoms with Crippen LogP contribution in [0.1, 0.15) is 23.2 Å². The maximum atomic E-state index is 12.4. The number of hydrogen-bond acceptors (Lipinski definition) is 3. The van der Waals surface area contributed by atoms with Gasteiger partial charge in [0, 0.05) is 23.6 Å². The molecule has 0 unspecified atom stereocenters. The van der Waals surface area contributed by atoms with Gasteiger partial charge in [0.2, 0.25) is 0 Å². The van der Waals surface area contributed by atoms with Crippen molar-refractivity contribution in [3.05, 3.63) is 34.9 Å². The highest BCUT2D eigenvalue weighted by Crippen LogP contribution is 2.30. The molecular formula is C14H16ClNO3. The lowest BCUT2D eigenvalue weighted by Crippen LogP contribution is -2.51. The van der Waals surface area contributed by atoms with E-state index in [2.05, 4.69) is 0 Å². The number of hydrogen-bond donors (Lipinski definition) is 0. The van der Waals surface area contributed by atoms with Gasteiger partial charge in [-0.15, -0.1) is 0 Å². The van der Waals surface area contributed by atoms with Crippen molar-refractivity contribution in [2.75, 3.05) is 26.3 Å². The van der Waals surface area contributed by atoms with Crippen molar-refractivity contribution in [3.8, 4) is 0 Å². The minimum Gasteiger partial charge on any atom is -0.346 e. The molecule has 2 saturated heterocycles. The van der Waals surface area contributed by atoms with Crippen LogP contribution in [0.3, 0.4) is 0 Å². The van der Waals surface area contributed by atoms with Crippen molar-refractivity contribution in [1.29, 1.82) is 0 Å². The summed E-state index contributed by atoms with van der Waals surface area (Å²) in [5, 5.41) is 0.575. The lowest BCUT2D eigenvalue weighted by Gasteiger charge is -2.38. The number of halogens is 1. The first kappa shape index (κ1) is 12.9. The van der Waals surface area contributed by atoms with E-state index in [-0.39, 0.29) is 5.91 Å². The van der Waals surface area contributed by atoms with Crippen LogP contribution >= 0.6 is 11.6 Å². The largest absolute Gasteiger partial charge is 0.346 e. The Morgan fingerprint density at radius 3 is 2.84 bits per heavy atom. The smallest absolute Gasteiger partial charge is 0.254 e. The molecule has 3 rings (SSSR count). The van der Waals surface area contributed by atoms with Gasteiger partial charge in [-0.2, -0.15) is 0 Å². The number of piperidine rings is 1. The summed E-state index contributed by atoms with van der Waals surface area (Å²) in [7, 11) is 0. The summed E-state index contributed by atoms with van der Waals surface area (Å²) in [6, 6.07) is 7.03. The second-order valence-corrected chi connectivity index (χ2v) is 5.38. The Bertz CT molecular complexity index is 485. The van der Waals surface area contributed by atoms with Crippen molar-refractivity contribution in [2.24, 2.45) is 0 Å². The van der Waals surface area contributed by atoms with Crippen LogP contribution in [-0.2, 0) is 9.47 Å². The third kappa shape index (κ3) is 2.61. The van der Waals surface area contributed by atoms with Gasteiger partial charge < -0.3 is 14.4 Å². The molecule has 19 heavy (non-hydrogen) atoms. The molecule has 2 aliphatic heterocycles. The normalized spacial score (nSPS) is 21.8. The number of likely N-dealkylation sites (tertiary alicyclic amines) is 1. The first-order valence-corrected chi connectivity index (χ1v) is 6.89. The van der Waals surface area contributed by atoms with E-state index < -0.39 is 5.79 Å². The molecule has 1 amide bonds. The van der Waals surface area contributed by atoms with Crippen LogP contribution in [0.2, 0.25) is 5.02 Å². The molecule has 2 heterocycles. The second-order valence-electron chi connectivity index (χ2n) is 4.95. The number of amides is 1. The fourth-order valence-electron chi connectivity index (χ4n) is 2.70. The molecule has 0 atom stereocenters. The van der Waals surface area contributed by atoms with Gasteiger partial charge in [-0.05, 0) is 24.6 Å². The van der Waals surface area contributed by atoms with Crippen molar-refractivity contribution >= 4 is 17.5 Å². The molecule has 102 valence electrons. The zero-order chi connectivity index (χ0) is 13.3. The van der Waals surface area contributed by atoms with Crippen LogP contribution in [0.15, 0.2) is 24.3 Å². The molecule has 1 aromatic carbocycles. The number of carbonyl (C=O) groups excluding carboxylic acids is 1. The Hall–Kier alpha value is -1.10. The molecule has 0 aliphatic carbocycles. The lowest BCUT2D eigenvalue weighted by atomic mass is 10.0. The van der Waals surface area contributed by atoms with Crippen LogP contribution in [0.5, 0.6) is 0 Å². The number of nitrogens with zero attached hydrogens (tertiary/aromatic N) is 1. The highest BCUT2D eigenvalue weighted by atomic mass is 35.5. The third-order valence-corrected chi connectivity index (χ3v) is 3.82. The number of benzene rings is 1. The van der Waals surface area contributed by atoms with Crippen LogP contribution in [0, 0.1) is 0 Å². The summed E-state index contributed by atoms with van der Waals surface area (Å²) in [5.41, 5.74) is 0.613. The summed E-state index contributed by atoms with van der Waals surface area (Å²) in [5.74, 6) is -0.590. The molecule has 1 aromatic rings. The predicted molar refractivity (Wildman–Crippen MR) is 71.2 cm³/mol. The quantitative estimate of drug-likeness (QED) is 0.793. The van der Waals surface area contributed by atoms with Gasteiger partial charge in [-0.3, -0.25) is 4.79 Å². The van der Waals surface area contributed by atoms with Gasteiger partial charge in [0.25, 0.3) is 5.91 Å². The predicted octanol–water partition coefficient (Wildman–Crippen LogP) is 2.32. The topological polar surface area (TPSA) is 38.8 Å². The van der Waals surface area contributed by atoms with E-state index in [9.17, 15) is 4.79 Å². The molecule has 0 bridgehead atoms. The molecule has 5 heteroatoms. The zero-order valence-electron chi connectivity index (χ0n) is 10.6. The van der Waals surface area contributed by atoms with E-state index in [4.69, 9.17) is 21.1 Å². The molecule has 1 spiro atoms. The van der Waals surface area contributed by atoms with Gasteiger partial charge in [0.05, 0.1) is 19.8 Å². The first-order valence-electron chi connectivity index (χ1n) is 6.51. The van der Waals surface area contributed by atoms with Crippen molar-refractivity contribution in [3.63, 3.8) is 0 Å². The maximum Gasteiger partial charge on any atom is 0.254 e. The minimum absolute atomic E-state index is 0.0133. The highest BCUT2D eigenvalue weighted by Gasteiger charge is 2.42. The molecule has 0 saturated carbocycles. The summed E-state index contributed by atoms with van der Waals surface area (Å²) in [6.07, 6.45) is 1.75. The van der Waals surface area contributed by atoms with Crippen molar-refractivity contribution in [2.45, 2.75) is 18.6 Å². The van der Waals surface area contributed by atoms with Crippen molar-refractivity contribution < 1.29 is 14.3 Å². The molecular weight excluding hydrogens is 266 g/mol. The molecule has 2 fully saturated rings. The van der Waals surface area contributed by atoms with Gasteiger partial charge in [-0.1, -0.05) is 17.7 Å². The Balaban J connectivity index is 1.76. The average molecular weight is 282 g/mol. The molecule has 4 nitrogen and oxygen atoms in total. The Morgan fingerprint density at radius 1 is 1.32 bits per heavy atom. The molecule has 0 radical (unpaired) electrons. The number of carbonyl (C=O) groups is 1. The average Bonchev–Trinajstić information content (AvgIpc) is 2.86. The molecule has 0 aromatic heterocycles. The Labute approximate surface area is 117 Å². The summed E-state index contributed by atoms with van der Waals surface area (Å²) < 4.78 is 11.4. The van der Waals surface area contributed by atoms with E-state index >= 15 is 0 Å². The van der Waals surface area contributed by atoms with E-state index in [1.807, 2.05) is 0 Å². The van der Waals surface area contributed by atoms with Gasteiger partial charge in [-0.25, -0.2) is 0 Å². The fraction of sp³-hybridized carbons (Fsp3) is 0.500. The van der Waals surface area contributed by atoms with Crippen LogP contribution in [0.25, 0.3) is 0 Å². The maximum absolute atomic E-state index is 12.4. The number of ether oxygens (including phenoxy) is 2. The van der Waals surface area contributed by atoms with Crippen molar-refractivity contribution in [1.82, 2.24) is 4.90 Å². The second kappa shape index (κ2) is 5.12. The van der Waals surface area contributed by atoms with Gasteiger partial charge >= 0.3 is 0 Å². The van der Waals surface area contributed by atoms with E-state index in [0.717, 1.165) is 19.4 Å². The zero-order valence-corrected chi connectivity index (χ0v) is 11.4. The fourth-order valence-corrected chi connectivity index (χ4v) is 2.89. The van der Waals surface area contributed by atoms with Gasteiger partial charge in [0.1, 0.15) is 0 Å². The van der Waals surface area contributed by atoms with Gasteiger partial charge in [0.15, 0.2) is 5.79 Å². The van der Waals surface area contributed by atoms with Crippen LogP contribution in [0.4, 0.5) is 0 Å². The SMILES string of the molecule is O=C(c1cccc(Cl)c1)N1CCCC2(C1)OCCO2. The summed E-state index contributed by atoms with van der Waals surface area (Å²) >= 11 is 5.93. The molecule has 2 aliphatic rings. The van der Waals surface area contributed by atoms with E-state index in [1.54, 1.807) is 29.2 Å². The Morgan fingerprint density at radius 2 is 2.11 bits per heavy atom. The number of rotatable bonds is 1. The van der Waals surface area contributed by atoms with Crippen LogP contribution in [-0.4, -0.2) is 42.9 Å². The highest BCUT2D eigenvalue weighted by molar-refractivity contribution is 6.30. The van der Waals surface area contributed by atoms with Crippen LogP contribution < -0.4 is 0 Å². The summed E-state index contributed by atoms with van der Waals surface area (Å²) in [4.78, 5) is 14.2. The minimum atomic E-state index is -0.577. The third-order valence-electron chi connectivity index (χ3n) is 3.59.